The smallest absolute Gasteiger partial charge is 0.179 e. The molecule has 0 aliphatic rings. The first-order valence-electron chi connectivity index (χ1n) is 7.96. The topological polar surface area (TPSA) is 46.2 Å². The molecule has 0 amide bonds. The third kappa shape index (κ3) is 4.91. The molecule has 0 aromatic heterocycles. The first kappa shape index (κ1) is 17.7. The van der Waals surface area contributed by atoms with Gasteiger partial charge in [0, 0.05) is 6.04 Å². The highest BCUT2D eigenvalue weighted by molar-refractivity contribution is 7.91. The van der Waals surface area contributed by atoms with Crippen LogP contribution in [0.3, 0.4) is 0 Å². The molecule has 0 bridgehead atoms. The lowest BCUT2D eigenvalue weighted by Gasteiger charge is -2.16. The molecule has 0 spiro atoms. The Morgan fingerprint density at radius 1 is 0.957 bits per heavy atom. The lowest BCUT2D eigenvalue weighted by molar-refractivity contribution is 0.557. The minimum Gasteiger partial charge on any atom is -0.313 e. The zero-order chi connectivity index (χ0) is 16.9. The first-order chi connectivity index (χ1) is 10.9. The van der Waals surface area contributed by atoms with Crippen LogP contribution in [0.1, 0.15) is 23.6 Å². The van der Waals surface area contributed by atoms with Crippen molar-refractivity contribution in [3.05, 3.63) is 65.2 Å². The molecule has 0 heterocycles. The van der Waals surface area contributed by atoms with Crippen LogP contribution in [-0.4, -0.2) is 26.8 Å². The molecule has 0 radical (unpaired) electrons. The van der Waals surface area contributed by atoms with Crippen LogP contribution in [0.4, 0.5) is 0 Å². The molecule has 0 saturated carbocycles. The van der Waals surface area contributed by atoms with Crippen LogP contribution in [0.25, 0.3) is 0 Å². The van der Waals surface area contributed by atoms with Crippen molar-refractivity contribution in [1.29, 1.82) is 0 Å². The Labute approximate surface area is 139 Å². The largest absolute Gasteiger partial charge is 0.313 e. The minimum atomic E-state index is -3.23. The molecule has 0 aliphatic heterocycles. The minimum absolute atomic E-state index is 0.0791. The fraction of sp³-hybridized carbons (Fsp3) is 0.368. The SMILES string of the molecule is Cc1cccc(C)c1CCNC(C)CS(=O)(=O)c1ccccc1. The van der Waals surface area contributed by atoms with Gasteiger partial charge in [-0.15, -0.1) is 0 Å². The van der Waals surface area contributed by atoms with Gasteiger partial charge in [0.25, 0.3) is 0 Å². The summed E-state index contributed by atoms with van der Waals surface area (Å²) < 4.78 is 24.7. The summed E-state index contributed by atoms with van der Waals surface area (Å²) in [7, 11) is -3.23. The van der Waals surface area contributed by atoms with Crippen molar-refractivity contribution in [1.82, 2.24) is 5.32 Å². The van der Waals surface area contributed by atoms with Gasteiger partial charge in [-0.05, 0) is 62.6 Å². The standard InChI is InChI=1S/C19H25NO2S/c1-15-8-7-9-16(2)19(15)12-13-20-17(3)14-23(21,22)18-10-5-4-6-11-18/h4-11,17,20H,12-14H2,1-3H3. The van der Waals surface area contributed by atoms with Gasteiger partial charge in [-0.25, -0.2) is 8.42 Å². The van der Waals surface area contributed by atoms with Gasteiger partial charge < -0.3 is 5.32 Å². The van der Waals surface area contributed by atoms with Gasteiger partial charge in [-0.3, -0.25) is 0 Å². The van der Waals surface area contributed by atoms with E-state index in [4.69, 9.17) is 0 Å². The van der Waals surface area contributed by atoms with E-state index in [0.29, 0.717) is 4.90 Å². The van der Waals surface area contributed by atoms with Crippen molar-refractivity contribution in [2.45, 2.75) is 38.1 Å². The van der Waals surface area contributed by atoms with E-state index in [9.17, 15) is 8.42 Å². The normalized spacial score (nSPS) is 13.0. The fourth-order valence-electron chi connectivity index (χ4n) is 2.80. The second kappa shape index (κ2) is 7.75. The quantitative estimate of drug-likeness (QED) is 0.847. The van der Waals surface area contributed by atoms with Gasteiger partial charge >= 0.3 is 0 Å². The van der Waals surface area contributed by atoms with Gasteiger partial charge in [-0.1, -0.05) is 36.4 Å². The van der Waals surface area contributed by atoms with E-state index in [0.717, 1.165) is 13.0 Å². The third-order valence-corrected chi connectivity index (χ3v) is 6.01. The van der Waals surface area contributed by atoms with Crippen LogP contribution in [0.15, 0.2) is 53.4 Å². The average molecular weight is 331 g/mol. The van der Waals surface area contributed by atoms with Crippen LogP contribution in [0, 0.1) is 13.8 Å². The first-order valence-corrected chi connectivity index (χ1v) is 9.61. The van der Waals surface area contributed by atoms with Crippen LogP contribution >= 0.6 is 0 Å². The maximum Gasteiger partial charge on any atom is 0.179 e. The molecule has 1 atom stereocenters. The summed E-state index contributed by atoms with van der Waals surface area (Å²) >= 11 is 0. The molecule has 0 saturated heterocycles. The number of hydrogen-bond donors (Lipinski definition) is 1. The van der Waals surface area contributed by atoms with Gasteiger partial charge in [0.15, 0.2) is 9.84 Å². The van der Waals surface area contributed by atoms with E-state index < -0.39 is 9.84 Å². The summed E-state index contributed by atoms with van der Waals surface area (Å²) in [5, 5.41) is 3.33. The van der Waals surface area contributed by atoms with E-state index in [1.807, 2.05) is 13.0 Å². The second-order valence-electron chi connectivity index (χ2n) is 6.07. The Hall–Kier alpha value is -1.65. The van der Waals surface area contributed by atoms with Gasteiger partial charge in [0.2, 0.25) is 0 Å². The number of benzene rings is 2. The molecule has 1 unspecified atom stereocenters. The monoisotopic (exact) mass is 331 g/mol. The molecular formula is C19H25NO2S. The Morgan fingerprint density at radius 3 is 2.17 bits per heavy atom. The maximum absolute atomic E-state index is 12.3. The number of aryl methyl sites for hydroxylation is 2. The van der Waals surface area contributed by atoms with Crippen LogP contribution < -0.4 is 5.32 Å². The van der Waals surface area contributed by atoms with Crippen molar-refractivity contribution in [2.75, 3.05) is 12.3 Å². The highest BCUT2D eigenvalue weighted by Crippen LogP contribution is 2.14. The third-order valence-electron chi connectivity index (χ3n) is 4.08. The summed E-state index contributed by atoms with van der Waals surface area (Å²) in [4.78, 5) is 0.392. The van der Waals surface area contributed by atoms with E-state index in [1.165, 1.54) is 16.7 Å². The predicted molar refractivity (Wildman–Crippen MR) is 95.6 cm³/mol. The summed E-state index contributed by atoms with van der Waals surface area (Å²) in [5.41, 5.74) is 3.92. The molecule has 4 heteroatoms. The Kier molecular flexibility index (Phi) is 5.97. The highest BCUT2D eigenvalue weighted by atomic mass is 32.2. The number of rotatable bonds is 7. The van der Waals surface area contributed by atoms with Gasteiger partial charge in [0.05, 0.1) is 10.6 Å². The van der Waals surface area contributed by atoms with Crippen molar-refractivity contribution in [3.63, 3.8) is 0 Å². The van der Waals surface area contributed by atoms with Crippen molar-refractivity contribution >= 4 is 9.84 Å². The van der Waals surface area contributed by atoms with E-state index in [2.05, 4.69) is 37.4 Å². The maximum atomic E-state index is 12.3. The second-order valence-corrected chi connectivity index (χ2v) is 8.10. The molecule has 3 nitrogen and oxygen atoms in total. The molecule has 23 heavy (non-hydrogen) atoms. The Bertz CT molecular complexity index is 719. The molecule has 2 aromatic carbocycles. The van der Waals surface area contributed by atoms with E-state index in [1.54, 1.807) is 24.3 Å². The lowest BCUT2D eigenvalue weighted by atomic mass is 10.0. The van der Waals surface area contributed by atoms with Crippen LogP contribution in [0.2, 0.25) is 0 Å². The van der Waals surface area contributed by atoms with Gasteiger partial charge in [-0.2, -0.15) is 0 Å². The number of nitrogens with one attached hydrogen (secondary N) is 1. The van der Waals surface area contributed by atoms with E-state index in [-0.39, 0.29) is 11.8 Å². The lowest BCUT2D eigenvalue weighted by Crippen LogP contribution is -2.34. The Morgan fingerprint density at radius 2 is 1.57 bits per heavy atom. The molecule has 0 aliphatic carbocycles. The average Bonchev–Trinajstić information content (AvgIpc) is 2.51. The molecule has 1 N–H and O–H groups in total. The van der Waals surface area contributed by atoms with E-state index >= 15 is 0 Å². The molecule has 124 valence electrons. The molecular weight excluding hydrogens is 306 g/mol. The van der Waals surface area contributed by atoms with Crippen LogP contribution in [0.5, 0.6) is 0 Å². The summed E-state index contributed by atoms with van der Waals surface area (Å²) in [6.07, 6.45) is 0.911. The van der Waals surface area contributed by atoms with Gasteiger partial charge in [0.1, 0.15) is 0 Å². The summed E-state index contributed by atoms with van der Waals surface area (Å²) in [6, 6.07) is 14.9. The summed E-state index contributed by atoms with van der Waals surface area (Å²) in [6.45, 7) is 6.93. The molecule has 0 fully saturated rings. The molecule has 2 rings (SSSR count). The Balaban J connectivity index is 1.90. The van der Waals surface area contributed by atoms with Crippen LogP contribution in [-0.2, 0) is 16.3 Å². The fourth-order valence-corrected chi connectivity index (χ4v) is 4.34. The zero-order valence-electron chi connectivity index (χ0n) is 14.0. The van der Waals surface area contributed by atoms with Crippen molar-refractivity contribution in [3.8, 4) is 0 Å². The van der Waals surface area contributed by atoms with Crippen molar-refractivity contribution in [2.24, 2.45) is 0 Å². The highest BCUT2D eigenvalue weighted by Gasteiger charge is 2.17. The number of sulfone groups is 1. The number of hydrogen-bond acceptors (Lipinski definition) is 3. The predicted octanol–water partition coefficient (Wildman–Crippen LogP) is 3.30. The summed E-state index contributed by atoms with van der Waals surface area (Å²) in [5.74, 6) is 0.115. The van der Waals surface area contributed by atoms with Crippen molar-refractivity contribution < 1.29 is 8.42 Å². The molecule has 2 aromatic rings. The zero-order valence-corrected chi connectivity index (χ0v) is 14.9.